The van der Waals surface area contributed by atoms with Gasteiger partial charge < -0.3 is 15.4 Å². The molecule has 2 N–H and O–H groups in total. The van der Waals surface area contributed by atoms with E-state index in [4.69, 9.17) is 10.5 Å². The van der Waals surface area contributed by atoms with E-state index in [0.717, 1.165) is 18.5 Å². The summed E-state index contributed by atoms with van der Waals surface area (Å²) in [5.41, 5.74) is 8.55. The molecular formula is C23H28N2O2. The molecule has 27 heavy (non-hydrogen) atoms. The Morgan fingerprint density at radius 1 is 1.07 bits per heavy atom. The number of cyclic esters (lactones) is 1. The van der Waals surface area contributed by atoms with Crippen LogP contribution in [-0.2, 0) is 4.74 Å². The monoisotopic (exact) mass is 364 g/mol. The number of anilines is 1. The van der Waals surface area contributed by atoms with E-state index in [-0.39, 0.29) is 30.0 Å². The Morgan fingerprint density at radius 2 is 1.74 bits per heavy atom. The number of amides is 1. The van der Waals surface area contributed by atoms with Crippen LogP contribution in [-0.4, -0.2) is 28.7 Å². The maximum atomic E-state index is 13.0. The Kier molecular flexibility index (Phi) is 4.37. The van der Waals surface area contributed by atoms with Crippen molar-refractivity contribution in [2.45, 2.75) is 63.1 Å². The number of carbonyl (C=O) groups is 1. The first-order valence-electron chi connectivity index (χ1n) is 9.80. The molecule has 0 aliphatic carbocycles. The van der Waals surface area contributed by atoms with Crippen molar-refractivity contribution in [2.24, 2.45) is 0 Å². The normalized spacial score (nSPS) is 27.7. The fourth-order valence-corrected chi connectivity index (χ4v) is 5.06. The first kappa shape index (κ1) is 17.9. The van der Waals surface area contributed by atoms with Crippen molar-refractivity contribution in [3.8, 4) is 0 Å². The molecular weight excluding hydrogens is 336 g/mol. The molecule has 0 aromatic heterocycles. The zero-order chi connectivity index (χ0) is 19.2. The standard InChI is InChI=1S/C23H28N2O2/c1-15(16-7-5-4-6-8-16)19-13-14-20-21(17-9-11-18(24)12-10-17)23(2,3)27-22(26)25(19)20/h4-12,15,19-21H,13-14,24H2,1-3H3/t15-,19-,20+,21?/m1/s1. The number of rotatable bonds is 3. The maximum absolute atomic E-state index is 13.0. The fraction of sp³-hybridized carbons (Fsp3) is 0.435. The number of carbonyl (C=O) groups excluding carboxylic acids is 1. The molecule has 2 saturated heterocycles. The minimum atomic E-state index is -0.542. The molecule has 2 fully saturated rings. The zero-order valence-electron chi connectivity index (χ0n) is 16.3. The molecule has 1 amide bonds. The van der Waals surface area contributed by atoms with Gasteiger partial charge in [-0.1, -0.05) is 49.4 Å². The molecule has 4 rings (SSSR count). The van der Waals surface area contributed by atoms with Crippen LogP contribution in [0.25, 0.3) is 0 Å². The molecule has 0 spiro atoms. The average molecular weight is 364 g/mol. The van der Waals surface area contributed by atoms with Crippen molar-refractivity contribution in [1.82, 2.24) is 4.90 Å². The predicted molar refractivity (Wildman–Crippen MR) is 108 cm³/mol. The van der Waals surface area contributed by atoms with Gasteiger partial charge in [0.15, 0.2) is 0 Å². The Balaban J connectivity index is 1.68. The van der Waals surface area contributed by atoms with Crippen LogP contribution in [0.3, 0.4) is 0 Å². The average Bonchev–Trinajstić information content (AvgIpc) is 3.07. The summed E-state index contributed by atoms with van der Waals surface area (Å²) in [4.78, 5) is 15.0. The van der Waals surface area contributed by atoms with E-state index in [0.29, 0.717) is 0 Å². The molecule has 4 nitrogen and oxygen atoms in total. The summed E-state index contributed by atoms with van der Waals surface area (Å²) in [5.74, 6) is 0.404. The van der Waals surface area contributed by atoms with Gasteiger partial charge in [-0.05, 0) is 49.9 Å². The summed E-state index contributed by atoms with van der Waals surface area (Å²) in [6.45, 7) is 6.27. The van der Waals surface area contributed by atoms with E-state index in [1.54, 1.807) is 0 Å². The fourth-order valence-electron chi connectivity index (χ4n) is 5.06. The van der Waals surface area contributed by atoms with Crippen molar-refractivity contribution in [3.63, 3.8) is 0 Å². The molecule has 2 aliphatic rings. The number of hydrogen-bond acceptors (Lipinski definition) is 3. The van der Waals surface area contributed by atoms with Crippen molar-refractivity contribution < 1.29 is 9.53 Å². The topological polar surface area (TPSA) is 55.6 Å². The van der Waals surface area contributed by atoms with Crippen LogP contribution in [0.4, 0.5) is 10.5 Å². The molecule has 1 unspecified atom stereocenters. The molecule has 0 radical (unpaired) electrons. The summed E-state index contributed by atoms with van der Waals surface area (Å²) in [6.07, 6.45) is 1.81. The number of ether oxygens (including phenoxy) is 1. The SMILES string of the molecule is C[C@H](c1ccccc1)[C@H]1CC[C@H]2C(c3ccc(N)cc3)C(C)(C)OC(=O)N12. The van der Waals surface area contributed by atoms with Gasteiger partial charge in [-0.2, -0.15) is 0 Å². The van der Waals surface area contributed by atoms with Gasteiger partial charge in [0.05, 0.1) is 0 Å². The minimum Gasteiger partial charge on any atom is -0.443 e. The second-order valence-electron chi connectivity index (χ2n) is 8.43. The lowest BCUT2D eigenvalue weighted by atomic mass is 9.77. The zero-order valence-corrected chi connectivity index (χ0v) is 16.3. The number of nitrogen functional groups attached to an aromatic ring is 1. The number of nitrogens with zero attached hydrogens (tertiary/aromatic N) is 1. The summed E-state index contributed by atoms with van der Waals surface area (Å²) >= 11 is 0. The lowest BCUT2D eigenvalue weighted by Gasteiger charge is -2.48. The first-order chi connectivity index (χ1) is 12.9. The molecule has 142 valence electrons. The third-order valence-electron chi connectivity index (χ3n) is 6.37. The van der Waals surface area contributed by atoms with Crippen LogP contribution in [0.5, 0.6) is 0 Å². The van der Waals surface area contributed by atoms with Gasteiger partial charge in [0.1, 0.15) is 5.60 Å². The molecule has 2 aromatic rings. The van der Waals surface area contributed by atoms with E-state index in [1.807, 2.05) is 36.9 Å². The smallest absolute Gasteiger partial charge is 0.410 e. The van der Waals surface area contributed by atoms with E-state index < -0.39 is 5.60 Å². The number of hydrogen-bond donors (Lipinski definition) is 1. The van der Waals surface area contributed by atoms with Gasteiger partial charge in [0.2, 0.25) is 0 Å². The highest BCUT2D eigenvalue weighted by Gasteiger charge is 2.54. The van der Waals surface area contributed by atoms with E-state index in [1.165, 1.54) is 11.1 Å². The van der Waals surface area contributed by atoms with Crippen LogP contribution in [0.15, 0.2) is 54.6 Å². The molecule has 4 atom stereocenters. The van der Waals surface area contributed by atoms with Gasteiger partial charge >= 0.3 is 6.09 Å². The summed E-state index contributed by atoms with van der Waals surface area (Å²) < 4.78 is 5.96. The molecule has 2 aromatic carbocycles. The summed E-state index contributed by atoms with van der Waals surface area (Å²) in [6, 6.07) is 18.8. The Bertz CT molecular complexity index is 816. The minimum absolute atomic E-state index is 0.128. The van der Waals surface area contributed by atoms with E-state index in [9.17, 15) is 4.79 Å². The van der Waals surface area contributed by atoms with Gasteiger partial charge in [-0.3, -0.25) is 0 Å². The van der Waals surface area contributed by atoms with Gasteiger partial charge in [0.25, 0.3) is 0 Å². The Hall–Kier alpha value is -2.49. The second-order valence-corrected chi connectivity index (χ2v) is 8.43. The third-order valence-corrected chi connectivity index (χ3v) is 6.37. The molecule has 0 saturated carbocycles. The highest BCUT2D eigenvalue weighted by molar-refractivity contribution is 5.71. The molecule has 4 heteroatoms. The molecule has 2 aliphatic heterocycles. The molecule has 2 heterocycles. The van der Waals surface area contributed by atoms with Crippen molar-refractivity contribution in [1.29, 1.82) is 0 Å². The summed E-state index contributed by atoms with van der Waals surface area (Å²) in [7, 11) is 0. The number of fused-ring (bicyclic) bond motifs is 1. The number of benzene rings is 2. The second kappa shape index (κ2) is 6.59. The highest BCUT2D eigenvalue weighted by Crippen LogP contribution is 2.48. The van der Waals surface area contributed by atoms with Gasteiger partial charge in [-0.25, -0.2) is 4.79 Å². The van der Waals surface area contributed by atoms with Crippen molar-refractivity contribution in [3.05, 3.63) is 65.7 Å². The van der Waals surface area contributed by atoms with Crippen LogP contribution >= 0.6 is 0 Å². The number of nitrogens with two attached hydrogens (primary N) is 1. The van der Waals surface area contributed by atoms with Crippen LogP contribution in [0.2, 0.25) is 0 Å². The van der Waals surface area contributed by atoms with Crippen LogP contribution in [0.1, 0.15) is 56.6 Å². The van der Waals surface area contributed by atoms with E-state index in [2.05, 4.69) is 43.3 Å². The largest absolute Gasteiger partial charge is 0.443 e. The third kappa shape index (κ3) is 3.07. The highest BCUT2D eigenvalue weighted by atomic mass is 16.6. The van der Waals surface area contributed by atoms with Gasteiger partial charge in [0, 0.05) is 29.6 Å². The first-order valence-corrected chi connectivity index (χ1v) is 9.80. The maximum Gasteiger partial charge on any atom is 0.410 e. The van der Waals surface area contributed by atoms with E-state index >= 15 is 0 Å². The van der Waals surface area contributed by atoms with Crippen molar-refractivity contribution >= 4 is 11.8 Å². The Labute approximate surface area is 161 Å². The van der Waals surface area contributed by atoms with Crippen molar-refractivity contribution in [2.75, 3.05) is 5.73 Å². The molecule has 0 bridgehead atoms. The Morgan fingerprint density at radius 3 is 2.41 bits per heavy atom. The lowest BCUT2D eigenvalue weighted by molar-refractivity contribution is -0.0655. The van der Waals surface area contributed by atoms with Crippen LogP contribution < -0.4 is 5.73 Å². The van der Waals surface area contributed by atoms with Crippen LogP contribution in [0, 0.1) is 0 Å². The summed E-state index contributed by atoms with van der Waals surface area (Å²) in [5, 5.41) is 0. The predicted octanol–water partition coefficient (Wildman–Crippen LogP) is 4.92. The quantitative estimate of drug-likeness (QED) is 0.787. The van der Waals surface area contributed by atoms with Gasteiger partial charge in [-0.15, -0.1) is 0 Å². The lowest BCUT2D eigenvalue weighted by Crippen LogP contribution is -2.58.